The van der Waals surface area contributed by atoms with Crippen LogP contribution < -0.4 is 9.46 Å². The molecule has 0 amide bonds. The van der Waals surface area contributed by atoms with Crippen molar-refractivity contribution in [3.05, 3.63) is 58.4 Å². The molecule has 1 aromatic heterocycles. The SMILES string of the molecule is COc1ccc(Cl)cc1S(=O)(=O)NCC(O)c1csc2ccccc12. The molecule has 1 heterocycles. The normalized spacial score (nSPS) is 13.1. The van der Waals surface area contributed by atoms with Crippen LogP contribution in [-0.2, 0) is 10.0 Å². The van der Waals surface area contributed by atoms with Crippen molar-refractivity contribution in [3.8, 4) is 5.75 Å². The Bertz CT molecular complexity index is 1000. The standard InChI is InChI=1S/C17H16ClNO4S2/c1-23-15-7-6-11(18)8-17(15)25(21,22)19-9-14(20)13-10-24-16-5-3-2-4-12(13)16/h2-8,10,14,19-20H,9H2,1H3. The van der Waals surface area contributed by atoms with E-state index in [4.69, 9.17) is 16.3 Å². The first kappa shape index (κ1) is 18.2. The van der Waals surface area contributed by atoms with Crippen LogP contribution in [-0.4, -0.2) is 27.2 Å². The van der Waals surface area contributed by atoms with Gasteiger partial charge in [-0.2, -0.15) is 0 Å². The zero-order valence-corrected chi connectivity index (χ0v) is 15.7. The number of ether oxygens (including phenoxy) is 1. The number of aliphatic hydroxyl groups excluding tert-OH is 1. The molecule has 3 rings (SSSR count). The van der Waals surface area contributed by atoms with E-state index in [9.17, 15) is 13.5 Å². The lowest BCUT2D eigenvalue weighted by molar-refractivity contribution is 0.184. The second-order valence-corrected chi connectivity index (χ2v) is 8.43. The summed E-state index contributed by atoms with van der Waals surface area (Å²) in [7, 11) is -2.50. The molecule has 2 N–H and O–H groups in total. The summed E-state index contributed by atoms with van der Waals surface area (Å²) in [4.78, 5) is -0.0649. The number of fused-ring (bicyclic) bond motifs is 1. The second-order valence-electron chi connectivity index (χ2n) is 5.35. The number of sulfonamides is 1. The van der Waals surface area contributed by atoms with E-state index in [0.717, 1.165) is 10.1 Å². The molecule has 5 nitrogen and oxygen atoms in total. The van der Waals surface area contributed by atoms with E-state index in [1.54, 1.807) is 6.07 Å². The molecule has 1 unspecified atom stereocenters. The van der Waals surface area contributed by atoms with Gasteiger partial charge in [0.05, 0.1) is 13.2 Å². The minimum atomic E-state index is -3.88. The number of hydrogen-bond acceptors (Lipinski definition) is 5. The van der Waals surface area contributed by atoms with Crippen LogP contribution in [0.1, 0.15) is 11.7 Å². The smallest absolute Gasteiger partial charge is 0.244 e. The lowest BCUT2D eigenvalue weighted by atomic mass is 10.1. The predicted octanol–water partition coefficient (Wildman–Crippen LogP) is 3.58. The van der Waals surface area contributed by atoms with Crippen LogP contribution in [0.2, 0.25) is 5.02 Å². The van der Waals surface area contributed by atoms with Crippen molar-refractivity contribution in [2.45, 2.75) is 11.0 Å². The fourth-order valence-corrected chi connectivity index (χ4v) is 4.97. The molecular weight excluding hydrogens is 382 g/mol. The highest BCUT2D eigenvalue weighted by Gasteiger charge is 2.22. The van der Waals surface area contributed by atoms with E-state index < -0.39 is 16.1 Å². The number of hydrogen-bond donors (Lipinski definition) is 2. The predicted molar refractivity (Wildman–Crippen MR) is 100.0 cm³/mol. The first-order valence-electron chi connectivity index (χ1n) is 7.40. The number of methoxy groups -OCH3 is 1. The molecule has 0 saturated carbocycles. The largest absolute Gasteiger partial charge is 0.495 e. The molecule has 132 valence electrons. The van der Waals surface area contributed by atoms with E-state index in [0.29, 0.717) is 5.56 Å². The first-order valence-corrected chi connectivity index (χ1v) is 10.1. The minimum absolute atomic E-state index is 0.0649. The molecule has 0 aliphatic heterocycles. The van der Waals surface area contributed by atoms with Gasteiger partial charge in [0.15, 0.2) is 0 Å². The Morgan fingerprint density at radius 2 is 2.04 bits per heavy atom. The Labute approximate surface area is 154 Å². The van der Waals surface area contributed by atoms with Crippen LogP contribution in [0.3, 0.4) is 0 Å². The summed E-state index contributed by atoms with van der Waals surface area (Å²) in [6.45, 7) is -0.154. The molecule has 8 heteroatoms. The molecule has 0 spiro atoms. The van der Waals surface area contributed by atoms with Crippen LogP contribution in [0.4, 0.5) is 0 Å². The zero-order valence-electron chi connectivity index (χ0n) is 13.3. The Morgan fingerprint density at radius 1 is 1.28 bits per heavy atom. The Balaban J connectivity index is 1.82. The number of aliphatic hydroxyl groups is 1. The van der Waals surface area contributed by atoms with Crippen molar-refractivity contribution in [1.82, 2.24) is 4.72 Å². The van der Waals surface area contributed by atoms with Crippen LogP contribution >= 0.6 is 22.9 Å². The minimum Gasteiger partial charge on any atom is -0.495 e. The monoisotopic (exact) mass is 397 g/mol. The third-order valence-corrected chi connectivity index (χ3v) is 6.41. The van der Waals surface area contributed by atoms with Crippen LogP contribution in [0.5, 0.6) is 5.75 Å². The number of thiophene rings is 1. The molecule has 2 aromatic carbocycles. The summed E-state index contributed by atoms with van der Waals surface area (Å²) >= 11 is 7.40. The van der Waals surface area contributed by atoms with E-state index in [2.05, 4.69) is 4.72 Å². The van der Waals surface area contributed by atoms with Crippen molar-refractivity contribution in [1.29, 1.82) is 0 Å². The average Bonchev–Trinajstić information content (AvgIpc) is 3.04. The first-order chi connectivity index (χ1) is 11.9. The summed E-state index contributed by atoms with van der Waals surface area (Å²) in [5.41, 5.74) is 0.696. The van der Waals surface area contributed by atoms with Crippen molar-refractivity contribution in [3.63, 3.8) is 0 Å². The summed E-state index contributed by atoms with van der Waals surface area (Å²) in [5.74, 6) is 0.187. The topological polar surface area (TPSA) is 75.6 Å². The molecule has 3 aromatic rings. The molecule has 0 fully saturated rings. The molecule has 0 radical (unpaired) electrons. The van der Waals surface area contributed by atoms with Gasteiger partial charge in [-0.1, -0.05) is 29.8 Å². The number of nitrogens with one attached hydrogen (secondary N) is 1. The second kappa shape index (κ2) is 7.31. The molecule has 0 saturated heterocycles. The number of rotatable bonds is 6. The van der Waals surface area contributed by atoms with E-state index in [1.807, 2.05) is 29.6 Å². The van der Waals surface area contributed by atoms with Gasteiger partial charge in [-0.3, -0.25) is 0 Å². The maximum Gasteiger partial charge on any atom is 0.244 e. The number of halogens is 1. The van der Waals surface area contributed by atoms with Crippen LogP contribution in [0, 0.1) is 0 Å². The summed E-state index contributed by atoms with van der Waals surface area (Å²) < 4.78 is 33.6. The maximum atomic E-state index is 12.5. The molecule has 0 aliphatic carbocycles. The number of benzene rings is 2. The fraction of sp³-hybridized carbons (Fsp3) is 0.176. The lowest BCUT2D eigenvalue weighted by Crippen LogP contribution is -2.28. The van der Waals surface area contributed by atoms with Crippen molar-refractivity contribution in [2.24, 2.45) is 0 Å². The van der Waals surface area contributed by atoms with Gasteiger partial charge in [0, 0.05) is 21.8 Å². The van der Waals surface area contributed by atoms with Crippen LogP contribution in [0.25, 0.3) is 10.1 Å². The van der Waals surface area contributed by atoms with Crippen molar-refractivity contribution >= 4 is 43.0 Å². The third-order valence-electron chi connectivity index (χ3n) is 3.75. The van der Waals surface area contributed by atoms with Crippen molar-refractivity contribution < 1.29 is 18.3 Å². The molecule has 1 atom stereocenters. The molecular formula is C17H16ClNO4S2. The highest BCUT2D eigenvalue weighted by Crippen LogP contribution is 2.31. The quantitative estimate of drug-likeness (QED) is 0.666. The zero-order chi connectivity index (χ0) is 18.0. The van der Waals surface area contributed by atoms with Crippen LogP contribution in [0.15, 0.2) is 52.7 Å². The molecule has 25 heavy (non-hydrogen) atoms. The maximum absolute atomic E-state index is 12.5. The van der Waals surface area contributed by atoms with Gasteiger partial charge in [-0.05, 0) is 35.0 Å². The van der Waals surface area contributed by atoms with Gasteiger partial charge >= 0.3 is 0 Å². The Morgan fingerprint density at radius 3 is 2.80 bits per heavy atom. The Kier molecular flexibility index (Phi) is 5.31. The van der Waals surface area contributed by atoms with Crippen molar-refractivity contribution in [2.75, 3.05) is 13.7 Å². The molecule has 0 bridgehead atoms. The third kappa shape index (κ3) is 3.80. The van der Waals surface area contributed by atoms with Gasteiger partial charge in [0.25, 0.3) is 0 Å². The summed E-state index contributed by atoms with van der Waals surface area (Å²) in [5, 5.41) is 13.5. The summed E-state index contributed by atoms with van der Waals surface area (Å²) in [6, 6.07) is 12.0. The highest BCUT2D eigenvalue weighted by atomic mass is 35.5. The molecule has 0 aliphatic rings. The average molecular weight is 398 g/mol. The summed E-state index contributed by atoms with van der Waals surface area (Å²) in [6.07, 6.45) is -0.962. The van der Waals surface area contributed by atoms with Gasteiger partial charge in [0.1, 0.15) is 10.6 Å². The van der Waals surface area contributed by atoms with E-state index >= 15 is 0 Å². The van der Waals surface area contributed by atoms with E-state index in [1.165, 1.54) is 30.6 Å². The van der Waals surface area contributed by atoms with Gasteiger partial charge in [-0.25, -0.2) is 13.1 Å². The highest BCUT2D eigenvalue weighted by molar-refractivity contribution is 7.89. The fourth-order valence-electron chi connectivity index (χ4n) is 2.49. The van der Waals surface area contributed by atoms with E-state index in [-0.39, 0.29) is 22.2 Å². The van der Waals surface area contributed by atoms with Gasteiger partial charge in [0.2, 0.25) is 10.0 Å². The van der Waals surface area contributed by atoms with Gasteiger partial charge < -0.3 is 9.84 Å². The van der Waals surface area contributed by atoms with Gasteiger partial charge in [-0.15, -0.1) is 11.3 Å². The Hall–Kier alpha value is -1.64. The lowest BCUT2D eigenvalue weighted by Gasteiger charge is -2.14.